The molecule has 3 fully saturated rings. The Kier molecular flexibility index (Phi) is 8.15. The molecule has 2 aromatic carbocycles. The molecule has 0 radical (unpaired) electrons. The number of nitrogens with zero attached hydrogens (tertiary/aromatic N) is 6. The van der Waals surface area contributed by atoms with Crippen LogP contribution >= 0.6 is 11.6 Å². The van der Waals surface area contributed by atoms with Gasteiger partial charge >= 0.3 is 6.01 Å². The van der Waals surface area contributed by atoms with Crippen LogP contribution in [0.2, 0.25) is 5.02 Å². The molecular formula is C30H33ClF2N6O3. The van der Waals surface area contributed by atoms with E-state index in [0.717, 1.165) is 32.2 Å². The maximum Gasteiger partial charge on any atom is 0.320 e. The normalized spacial score (nSPS) is 18.4. The Morgan fingerprint density at radius 3 is 2.48 bits per heavy atom. The summed E-state index contributed by atoms with van der Waals surface area (Å²) in [4.78, 5) is 29.6. The Labute approximate surface area is 248 Å². The lowest BCUT2D eigenvalue weighted by Gasteiger charge is -2.35. The van der Waals surface area contributed by atoms with Crippen LogP contribution in [0.4, 0.5) is 14.6 Å². The highest BCUT2D eigenvalue weighted by Gasteiger charge is 2.32. The van der Waals surface area contributed by atoms with Crippen molar-refractivity contribution in [3.8, 4) is 22.9 Å². The predicted octanol–water partition coefficient (Wildman–Crippen LogP) is 4.19. The van der Waals surface area contributed by atoms with Crippen LogP contribution in [-0.2, 0) is 4.79 Å². The summed E-state index contributed by atoms with van der Waals surface area (Å²) in [7, 11) is 1.39. The van der Waals surface area contributed by atoms with Gasteiger partial charge in [-0.3, -0.25) is 14.6 Å². The molecule has 2 aliphatic heterocycles. The quantitative estimate of drug-likeness (QED) is 0.358. The number of anilines is 1. The highest BCUT2D eigenvalue weighted by molar-refractivity contribution is 6.34. The van der Waals surface area contributed by atoms with E-state index < -0.39 is 11.6 Å². The summed E-state index contributed by atoms with van der Waals surface area (Å²) in [5, 5.41) is 0.362. The minimum atomic E-state index is -0.798. The van der Waals surface area contributed by atoms with Crippen LogP contribution in [0.25, 0.3) is 22.0 Å². The van der Waals surface area contributed by atoms with Crippen molar-refractivity contribution < 1.29 is 23.0 Å². The summed E-state index contributed by atoms with van der Waals surface area (Å²) in [6.07, 6.45) is 3.84. The van der Waals surface area contributed by atoms with E-state index in [4.69, 9.17) is 26.1 Å². The van der Waals surface area contributed by atoms with Gasteiger partial charge in [0.1, 0.15) is 29.6 Å². The Bertz CT molecular complexity index is 1500. The lowest BCUT2D eigenvalue weighted by Crippen LogP contribution is -2.48. The summed E-state index contributed by atoms with van der Waals surface area (Å²) >= 11 is 6.64. The zero-order valence-corrected chi connectivity index (χ0v) is 24.2. The fraction of sp³-hybridized carbons (Fsp3) is 0.433. The minimum absolute atomic E-state index is 0.00377. The summed E-state index contributed by atoms with van der Waals surface area (Å²) in [5.74, 6) is -1.03. The second kappa shape index (κ2) is 12.0. The number of carbonyl (C=O) groups excluding carboxylic acids is 1. The Balaban J connectivity index is 1.36. The first-order valence-corrected chi connectivity index (χ1v) is 14.5. The summed E-state index contributed by atoms with van der Waals surface area (Å²) < 4.78 is 42.9. The number of fused-ring (bicyclic) bond motifs is 1. The average Bonchev–Trinajstić information content (AvgIpc) is 3.86. The molecule has 1 aliphatic carbocycles. The molecule has 1 saturated carbocycles. The first-order valence-electron chi connectivity index (χ1n) is 14.2. The maximum atomic E-state index is 16.4. The lowest BCUT2D eigenvalue weighted by molar-refractivity contribution is -0.126. The first kappa shape index (κ1) is 28.6. The van der Waals surface area contributed by atoms with Crippen molar-refractivity contribution in [3.63, 3.8) is 0 Å². The third-order valence-corrected chi connectivity index (χ3v) is 8.50. The van der Waals surface area contributed by atoms with Gasteiger partial charge in [-0.25, -0.2) is 8.78 Å². The van der Waals surface area contributed by atoms with Crippen molar-refractivity contribution in [1.29, 1.82) is 0 Å². The van der Waals surface area contributed by atoms with Crippen molar-refractivity contribution in [3.05, 3.63) is 53.6 Å². The molecule has 3 aromatic rings. The molecular weight excluding hydrogens is 566 g/mol. The van der Waals surface area contributed by atoms with Gasteiger partial charge in [0, 0.05) is 69.3 Å². The van der Waals surface area contributed by atoms with Gasteiger partial charge in [-0.1, -0.05) is 24.2 Å². The van der Waals surface area contributed by atoms with Crippen LogP contribution in [0, 0.1) is 11.6 Å². The number of halogens is 3. The van der Waals surface area contributed by atoms with Gasteiger partial charge in [0.15, 0.2) is 5.82 Å². The van der Waals surface area contributed by atoms with Crippen molar-refractivity contribution in [2.45, 2.75) is 18.9 Å². The van der Waals surface area contributed by atoms with Gasteiger partial charge in [0.05, 0.1) is 17.7 Å². The molecule has 1 amide bonds. The summed E-state index contributed by atoms with van der Waals surface area (Å²) in [6.45, 7) is 9.30. The predicted molar refractivity (Wildman–Crippen MR) is 157 cm³/mol. The van der Waals surface area contributed by atoms with Crippen LogP contribution in [0.3, 0.4) is 0 Å². The van der Waals surface area contributed by atoms with Gasteiger partial charge in [-0.05, 0) is 37.1 Å². The highest BCUT2D eigenvalue weighted by atomic mass is 35.5. The Morgan fingerprint density at radius 1 is 1.07 bits per heavy atom. The third kappa shape index (κ3) is 5.60. The molecule has 3 heterocycles. The smallest absolute Gasteiger partial charge is 0.320 e. The number of aromatic nitrogens is 2. The highest BCUT2D eigenvalue weighted by Crippen LogP contribution is 2.43. The fourth-order valence-corrected chi connectivity index (χ4v) is 6.01. The molecule has 0 bridgehead atoms. The number of ether oxygens (including phenoxy) is 2. The van der Waals surface area contributed by atoms with Gasteiger partial charge in [-0.15, -0.1) is 0 Å². The topological polar surface area (TPSA) is 74.3 Å². The molecule has 222 valence electrons. The van der Waals surface area contributed by atoms with Crippen molar-refractivity contribution >= 4 is 34.2 Å². The maximum absolute atomic E-state index is 16.4. The first-order chi connectivity index (χ1) is 20.4. The van der Waals surface area contributed by atoms with Crippen LogP contribution in [0.5, 0.6) is 11.8 Å². The van der Waals surface area contributed by atoms with Crippen molar-refractivity contribution in [2.75, 3.05) is 71.1 Å². The number of benzene rings is 2. The van der Waals surface area contributed by atoms with Gasteiger partial charge in [0.2, 0.25) is 5.91 Å². The van der Waals surface area contributed by atoms with E-state index in [1.54, 1.807) is 17.0 Å². The number of carbonyl (C=O) groups is 1. The molecule has 2 saturated heterocycles. The van der Waals surface area contributed by atoms with Crippen LogP contribution in [-0.4, -0.2) is 103 Å². The molecule has 0 atom stereocenters. The van der Waals surface area contributed by atoms with Crippen LogP contribution in [0.1, 0.15) is 12.8 Å². The van der Waals surface area contributed by atoms with E-state index in [-0.39, 0.29) is 46.1 Å². The molecule has 1 aromatic heterocycles. The SMILES string of the molecule is C=CC(=O)N1CCN(c2nc(OCN3CCN(C4CC4)CC3)nc3c(F)c(-c4c(F)cccc4OC)c(Cl)cc23)CC1. The van der Waals surface area contributed by atoms with E-state index in [1.807, 2.05) is 4.90 Å². The van der Waals surface area contributed by atoms with E-state index >= 15 is 8.78 Å². The zero-order chi connectivity index (χ0) is 29.4. The largest absolute Gasteiger partial charge is 0.496 e. The Hall–Kier alpha value is -3.54. The lowest BCUT2D eigenvalue weighted by atomic mass is 10.0. The third-order valence-electron chi connectivity index (χ3n) is 8.20. The summed E-state index contributed by atoms with van der Waals surface area (Å²) in [6, 6.07) is 6.55. The molecule has 0 N–H and O–H groups in total. The average molecular weight is 599 g/mol. The zero-order valence-electron chi connectivity index (χ0n) is 23.5. The second-order valence-corrected chi connectivity index (χ2v) is 11.2. The fourth-order valence-electron chi connectivity index (χ4n) is 5.73. The molecule has 0 spiro atoms. The van der Waals surface area contributed by atoms with Crippen molar-refractivity contribution in [1.82, 2.24) is 24.7 Å². The van der Waals surface area contributed by atoms with Gasteiger partial charge < -0.3 is 19.3 Å². The molecule has 6 rings (SSSR count). The number of methoxy groups -OCH3 is 1. The van der Waals surface area contributed by atoms with Gasteiger partial charge in [0.25, 0.3) is 0 Å². The van der Waals surface area contributed by atoms with E-state index in [0.29, 0.717) is 37.4 Å². The molecule has 9 nitrogen and oxygen atoms in total. The molecule has 42 heavy (non-hydrogen) atoms. The molecule has 12 heteroatoms. The van der Waals surface area contributed by atoms with Crippen molar-refractivity contribution in [2.24, 2.45) is 0 Å². The molecule has 0 unspecified atom stereocenters. The second-order valence-electron chi connectivity index (χ2n) is 10.8. The van der Waals surface area contributed by atoms with E-state index in [1.165, 1.54) is 38.2 Å². The Morgan fingerprint density at radius 2 is 1.81 bits per heavy atom. The van der Waals surface area contributed by atoms with Crippen LogP contribution in [0.15, 0.2) is 36.9 Å². The number of amides is 1. The number of piperazine rings is 2. The summed E-state index contributed by atoms with van der Waals surface area (Å²) in [5.41, 5.74) is -0.271. The number of hydrogen-bond acceptors (Lipinski definition) is 8. The minimum Gasteiger partial charge on any atom is -0.496 e. The van der Waals surface area contributed by atoms with Gasteiger partial charge in [-0.2, -0.15) is 9.97 Å². The monoisotopic (exact) mass is 598 g/mol. The number of hydrogen-bond donors (Lipinski definition) is 0. The van der Waals surface area contributed by atoms with Crippen LogP contribution < -0.4 is 14.4 Å². The molecule has 3 aliphatic rings. The van der Waals surface area contributed by atoms with E-state index in [9.17, 15) is 4.79 Å². The van der Waals surface area contributed by atoms with E-state index in [2.05, 4.69) is 21.4 Å². The standard InChI is InChI=1S/C30H33ClF2N6O3/c1-3-24(40)38-13-15-39(16-14-38)29-20-17-21(31)25(26-22(32)5-4-6-23(26)41-2)27(33)28(20)34-30(35-29)42-18-36-9-11-37(12-10-36)19-7-8-19/h3-6,17,19H,1,7-16,18H2,2H3. The number of rotatable bonds is 8.